The molecule has 0 N–H and O–H groups in total. The Balaban J connectivity index is 2.01. The zero-order valence-electron chi connectivity index (χ0n) is 11.6. The van der Waals surface area contributed by atoms with E-state index in [1.54, 1.807) is 17.1 Å². The molecule has 1 aliphatic heterocycles. The maximum Gasteiger partial charge on any atom is 0.256 e. The Morgan fingerprint density at radius 1 is 1.25 bits per heavy atom. The Labute approximate surface area is 122 Å². The number of hydrogen-bond acceptors (Lipinski definition) is 5. The van der Waals surface area contributed by atoms with Crippen molar-refractivity contribution in [1.82, 2.24) is 24.7 Å². The summed E-state index contributed by atoms with van der Waals surface area (Å²) in [7, 11) is 0. The molecule has 2 aromatic heterocycles. The molecule has 7 heteroatoms. The summed E-state index contributed by atoms with van der Waals surface area (Å²) in [6.07, 6.45) is 6.87. The highest BCUT2D eigenvalue weighted by atomic mass is 35.5. The summed E-state index contributed by atoms with van der Waals surface area (Å²) in [5.41, 5.74) is 0. The van der Waals surface area contributed by atoms with Gasteiger partial charge in [-0.15, -0.1) is 0 Å². The molecule has 0 radical (unpaired) electrons. The van der Waals surface area contributed by atoms with Gasteiger partial charge in [-0.05, 0) is 43.9 Å². The Morgan fingerprint density at radius 3 is 2.75 bits per heavy atom. The van der Waals surface area contributed by atoms with E-state index in [9.17, 15) is 0 Å². The molecule has 6 nitrogen and oxygen atoms in total. The molecule has 1 aliphatic rings. The molecule has 0 spiro atoms. The summed E-state index contributed by atoms with van der Waals surface area (Å²) in [4.78, 5) is 15.2. The van der Waals surface area contributed by atoms with Gasteiger partial charge in [-0.1, -0.05) is 6.92 Å². The van der Waals surface area contributed by atoms with Crippen molar-refractivity contribution in [3.8, 4) is 5.95 Å². The lowest BCUT2D eigenvalue weighted by atomic mass is 10.2. The van der Waals surface area contributed by atoms with E-state index in [-0.39, 0.29) is 5.28 Å². The van der Waals surface area contributed by atoms with E-state index in [1.165, 1.54) is 0 Å². The van der Waals surface area contributed by atoms with Crippen molar-refractivity contribution < 1.29 is 0 Å². The summed E-state index contributed by atoms with van der Waals surface area (Å²) < 4.78 is 1.60. The van der Waals surface area contributed by atoms with Gasteiger partial charge in [0.1, 0.15) is 0 Å². The molecule has 3 rings (SSSR count). The Kier molecular flexibility index (Phi) is 3.56. The molecule has 0 aliphatic carbocycles. The van der Waals surface area contributed by atoms with Crippen molar-refractivity contribution in [2.24, 2.45) is 0 Å². The quantitative estimate of drug-likeness (QED) is 0.870. The van der Waals surface area contributed by atoms with Crippen LogP contribution in [-0.2, 0) is 0 Å². The van der Waals surface area contributed by atoms with Crippen LogP contribution >= 0.6 is 11.6 Å². The first-order chi connectivity index (χ1) is 9.69. The highest BCUT2D eigenvalue weighted by Crippen LogP contribution is 2.30. The summed E-state index contributed by atoms with van der Waals surface area (Å²) in [5.74, 6) is 1.10. The highest BCUT2D eigenvalue weighted by Gasteiger charge is 2.31. The number of anilines is 1. The topological polar surface area (TPSA) is 59.7 Å². The van der Waals surface area contributed by atoms with E-state index < -0.39 is 0 Å². The Morgan fingerprint density at radius 2 is 2.05 bits per heavy atom. The van der Waals surface area contributed by atoms with Crippen LogP contribution in [0.4, 0.5) is 5.95 Å². The van der Waals surface area contributed by atoms with Gasteiger partial charge >= 0.3 is 0 Å². The monoisotopic (exact) mass is 292 g/mol. The number of rotatable bonds is 3. The first kappa shape index (κ1) is 13.3. The van der Waals surface area contributed by atoms with E-state index in [1.807, 2.05) is 6.07 Å². The van der Waals surface area contributed by atoms with Crippen molar-refractivity contribution >= 4 is 17.5 Å². The number of halogens is 1. The molecule has 2 unspecified atom stereocenters. The Bertz CT molecular complexity index is 585. The average Bonchev–Trinajstić information content (AvgIpc) is 3.06. The predicted octanol–water partition coefficient (Wildman–Crippen LogP) is 2.48. The van der Waals surface area contributed by atoms with Gasteiger partial charge in [-0.25, -0.2) is 4.68 Å². The van der Waals surface area contributed by atoms with Crippen LogP contribution in [0.25, 0.3) is 5.95 Å². The summed E-state index contributed by atoms with van der Waals surface area (Å²) in [6.45, 7) is 4.38. The second-order valence-electron chi connectivity index (χ2n) is 5.05. The lowest BCUT2D eigenvalue weighted by molar-refractivity contribution is 0.608. The maximum atomic E-state index is 6.05. The van der Waals surface area contributed by atoms with Crippen molar-refractivity contribution in [3.63, 3.8) is 0 Å². The largest absolute Gasteiger partial charge is 0.335 e. The SMILES string of the molecule is CCC1CCC(C)N1c1nc(Cl)nc(-n2cccn2)n1. The van der Waals surface area contributed by atoms with E-state index in [0.29, 0.717) is 24.0 Å². The van der Waals surface area contributed by atoms with Crippen molar-refractivity contribution in [1.29, 1.82) is 0 Å². The second kappa shape index (κ2) is 5.36. The van der Waals surface area contributed by atoms with Crippen LogP contribution in [0.2, 0.25) is 5.28 Å². The molecule has 0 amide bonds. The molecule has 0 bridgehead atoms. The lowest BCUT2D eigenvalue weighted by Crippen LogP contribution is -2.36. The number of nitrogens with zero attached hydrogens (tertiary/aromatic N) is 6. The molecule has 3 heterocycles. The zero-order chi connectivity index (χ0) is 14.1. The van der Waals surface area contributed by atoms with Gasteiger partial charge in [0.2, 0.25) is 11.2 Å². The molecule has 0 saturated carbocycles. The molecule has 2 aromatic rings. The second-order valence-corrected chi connectivity index (χ2v) is 5.39. The van der Waals surface area contributed by atoms with Crippen LogP contribution in [0.5, 0.6) is 0 Å². The van der Waals surface area contributed by atoms with E-state index in [0.717, 1.165) is 19.3 Å². The fraction of sp³-hybridized carbons (Fsp3) is 0.538. The molecule has 1 fully saturated rings. The Hall–Kier alpha value is -1.69. The average molecular weight is 293 g/mol. The maximum absolute atomic E-state index is 6.05. The third-order valence-corrected chi connectivity index (χ3v) is 3.95. The van der Waals surface area contributed by atoms with Crippen LogP contribution in [0, 0.1) is 0 Å². The van der Waals surface area contributed by atoms with Gasteiger partial charge in [0.05, 0.1) is 0 Å². The van der Waals surface area contributed by atoms with Crippen LogP contribution in [0.15, 0.2) is 18.5 Å². The van der Waals surface area contributed by atoms with Gasteiger partial charge < -0.3 is 4.90 Å². The number of aromatic nitrogens is 5. The minimum absolute atomic E-state index is 0.203. The van der Waals surface area contributed by atoms with Crippen LogP contribution in [0.1, 0.15) is 33.1 Å². The third kappa shape index (κ3) is 2.35. The van der Waals surface area contributed by atoms with Gasteiger partial charge in [0, 0.05) is 24.5 Å². The van der Waals surface area contributed by atoms with E-state index in [2.05, 4.69) is 38.8 Å². The molecule has 106 valence electrons. The fourth-order valence-electron chi connectivity index (χ4n) is 2.77. The molecular weight excluding hydrogens is 276 g/mol. The molecule has 20 heavy (non-hydrogen) atoms. The van der Waals surface area contributed by atoms with Gasteiger partial charge in [-0.2, -0.15) is 20.1 Å². The van der Waals surface area contributed by atoms with E-state index >= 15 is 0 Å². The van der Waals surface area contributed by atoms with Crippen molar-refractivity contribution in [2.75, 3.05) is 4.90 Å². The first-order valence-corrected chi connectivity index (χ1v) is 7.26. The third-order valence-electron chi connectivity index (χ3n) is 3.78. The summed E-state index contributed by atoms with van der Waals surface area (Å²) in [5, 5.41) is 4.34. The van der Waals surface area contributed by atoms with Gasteiger partial charge in [0.25, 0.3) is 5.95 Å². The van der Waals surface area contributed by atoms with Crippen molar-refractivity contribution in [2.45, 2.75) is 45.2 Å². The standard InChI is InChI=1S/C13H17ClN6/c1-3-10-6-5-9(2)20(10)13-17-11(14)16-12(18-13)19-8-4-7-15-19/h4,7-10H,3,5-6H2,1-2H3. The smallest absolute Gasteiger partial charge is 0.256 e. The molecule has 2 atom stereocenters. The predicted molar refractivity (Wildman–Crippen MR) is 77.2 cm³/mol. The minimum atomic E-state index is 0.203. The highest BCUT2D eigenvalue weighted by molar-refractivity contribution is 6.28. The number of hydrogen-bond donors (Lipinski definition) is 0. The van der Waals surface area contributed by atoms with Gasteiger partial charge in [-0.3, -0.25) is 0 Å². The van der Waals surface area contributed by atoms with Gasteiger partial charge in [0.15, 0.2) is 0 Å². The van der Waals surface area contributed by atoms with Crippen LogP contribution in [0.3, 0.4) is 0 Å². The zero-order valence-corrected chi connectivity index (χ0v) is 12.3. The lowest BCUT2D eigenvalue weighted by Gasteiger charge is -2.27. The van der Waals surface area contributed by atoms with Crippen molar-refractivity contribution in [3.05, 3.63) is 23.7 Å². The molecule has 1 saturated heterocycles. The first-order valence-electron chi connectivity index (χ1n) is 6.89. The summed E-state index contributed by atoms with van der Waals surface area (Å²) >= 11 is 6.05. The molecule has 0 aromatic carbocycles. The normalized spacial score (nSPS) is 22.4. The fourth-order valence-corrected chi connectivity index (χ4v) is 2.92. The van der Waals surface area contributed by atoms with Crippen LogP contribution in [-0.4, -0.2) is 36.8 Å². The molecular formula is C13H17ClN6. The van der Waals surface area contributed by atoms with E-state index in [4.69, 9.17) is 11.6 Å². The minimum Gasteiger partial charge on any atom is -0.335 e. The summed E-state index contributed by atoms with van der Waals surface area (Å²) in [6, 6.07) is 2.71. The van der Waals surface area contributed by atoms with Crippen LogP contribution < -0.4 is 4.90 Å².